The number of carbonyl (C=O) groups is 1. The molecule has 29 heavy (non-hydrogen) atoms. The van der Waals surface area contributed by atoms with Gasteiger partial charge in [-0.15, -0.1) is 0 Å². The molecule has 1 heterocycles. The lowest BCUT2D eigenvalue weighted by Gasteiger charge is -2.06. The number of hydrogen-bond acceptors (Lipinski definition) is 5. The summed E-state index contributed by atoms with van der Waals surface area (Å²) >= 11 is 0. The summed E-state index contributed by atoms with van der Waals surface area (Å²) in [6, 6.07) is 23.6. The van der Waals surface area contributed by atoms with Crippen molar-refractivity contribution < 1.29 is 18.7 Å². The number of nitrogens with two attached hydrogens (primary N) is 1. The highest BCUT2D eigenvalue weighted by Crippen LogP contribution is 2.24. The summed E-state index contributed by atoms with van der Waals surface area (Å²) in [7, 11) is 1.57. The molecular formula is C23H18N2O4. The van der Waals surface area contributed by atoms with Crippen LogP contribution in [0.2, 0.25) is 0 Å². The fourth-order valence-electron chi connectivity index (χ4n) is 2.83. The van der Waals surface area contributed by atoms with Crippen LogP contribution in [0.4, 0.5) is 5.69 Å². The number of hydrogen-bond donors (Lipinski definition) is 1. The van der Waals surface area contributed by atoms with Crippen LogP contribution in [0.5, 0.6) is 17.2 Å². The van der Waals surface area contributed by atoms with E-state index in [1.165, 1.54) is 0 Å². The predicted octanol–water partition coefficient (Wildman–Crippen LogP) is 4.57. The Balaban J connectivity index is 1.71. The molecule has 4 aromatic rings. The van der Waals surface area contributed by atoms with Crippen LogP contribution in [0.1, 0.15) is 10.4 Å². The third kappa shape index (κ3) is 4.11. The fourth-order valence-corrected chi connectivity index (χ4v) is 2.83. The number of benzene rings is 3. The van der Waals surface area contributed by atoms with Crippen molar-refractivity contribution in [1.29, 1.82) is 0 Å². The SMILES string of the molecule is COc1ccc2oc(=Nc3ccc(Oc4ccccc4)cc3)c(C(N)=O)cc2c1. The van der Waals surface area contributed by atoms with Crippen molar-refractivity contribution in [2.45, 2.75) is 0 Å². The van der Waals surface area contributed by atoms with Crippen molar-refractivity contribution in [3.8, 4) is 17.2 Å². The predicted molar refractivity (Wildman–Crippen MR) is 109 cm³/mol. The van der Waals surface area contributed by atoms with Gasteiger partial charge >= 0.3 is 0 Å². The zero-order chi connectivity index (χ0) is 20.2. The lowest BCUT2D eigenvalue weighted by atomic mass is 10.1. The quantitative estimate of drug-likeness (QED) is 0.544. The maximum atomic E-state index is 11.9. The lowest BCUT2D eigenvalue weighted by Crippen LogP contribution is -2.21. The highest BCUT2D eigenvalue weighted by atomic mass is 16.5. The standard InChI is InChI=1S/C23H18N2O4/c1-27-19-11-12-21-15(13-19)14-20(22(24)26)23(29-21)25-16-7-9-18(10-8-16)28-17-5-3-2-4-6-17/h2-14H,1H3,(H2,24,26). The molecule has 6 heteroatoms. The van der Waals surface area contributed by atoms with E-state index in [9.17, 15) is 4.79 Å². The molecule has 0 aliphatic carbocycles. The molecule has 3 aromatic carbocycles. The number of carbonyl (C=O) groups excluding carboxylic acids is 1. The van der Waals surface area contributed by atoms with Crippen LogP contribution in [0, 0.1) is 0 Å². The summed E-state index contributed by atoms with van der Waals surface area (Å²) < 4.78 is 16.8. The van der Waals surface area contributed by atoms with Gasteiger partial charge in [-0.1, -0.05) is 18.2 Å². The van der Waals surface area contributed by atoms with Crippen molar-refractivity contribution in [2.24, 2.45) is 10.7 Å². The second-order valence-electron chi connectivity index (χ2n) is 6.25. The maximum absolute atomic E-state index is 11.9. The van der Waals surface area contributed by atoms with Gasteiger partial charge in [-0.05, 0) is 60.7 Å². The Morgan fingerprint density at radius 3 is 2.28 bits per heavy atom. The Hall–Kier alpha value is -4.06. The molecule has 144 valence electrons. The first-order valence-corrected chi connectivity index (χ1v) is 8.92. The van der Waals surface area contributed by atoms with E-state index < -0.39 is 5.91 Å². The van der Waals surface area contributed by atoms with Crippen molar-refractivity contribution in [3.63, 3.8) is 0 Å². The number of rotatable bonds is 5. The molecule has 0 aliphatic heterocycles. The molecule has 0 saturated heterocycles. The highest BCUT2D eigenvalue weighted by molar-refractivity contribution is 5.95. The lowest BCUT2D eigenvalue weighted by molar-refractivity contribution is 0.0996. The van der Waals surface area contributed by atoms with Crippen molar-refractivity contribution in [3.05, 3.63) is 90.0 Å². The molecule has 1 amide bonds. The third-order valence-electron chi connectivity index (χ3n) is 4.27. The number of fused-ring (bicyclic) bond motifs is 1. The normalized spacial score (nSPS) is 11.4. The minimum atomic E-state index is -0.624. The average Bonchev–Trinajstić information content (AvgIpc) is 2.75. The van der Waals surface area contributed by atoms with Gasteiger partial charge in [-0.25, -0.2) is 4.99 Å². The van der Waals surface area contributed by atoms with E-state index in [1.807, 2.05) is 30.3 Å². The molecule has 0 radical (unpaired) electrons. The average molecular weight is 386 g/mol. The van der Waals surface area contributed by atoms with Gasteiger partial charge in [-0.3, -0.25) is 4.79 Å². The van der Waals surface area contributed by atoms with E-state index in [4.69, 9.17) is 19.6 Å². The van der Waals surface area contributed by atoms with Gasteiger partial charge < -0.3 is 19.6 Å². The van der Waals surface area contributed by atoms with Gasteiger partial charge in [0.2, 0.25) is 5.55 Å². The molecule has 0 fully saturated rings. The van der Waals surface area contributed by atoms with Crippen LogP contribution in [0.25, 0.3) is 11.0 Å². The minimum Gasteiger partial charge on any atom is -0.497 e. The zero-order valence-corrected chi connectivity index (χ0v) is 15.7. The van der Waals surface area contributed by atoms with Crippen molar-refractivity contribution in [2.75, 3.05) is 7.11 Å². The van der Waals surface area contributed by atoms with Crippen LogP contribution >= 0.6 is 0 Å². The Morgan fingerprint density at radius 1 is 0.897 bits per heavy atom. The molecule has 1 aromatic heterocycles. The summed E-state index contributed by atoms with van der Waals surface area (Å²) in [6.07, 6.45) is 0. The van der Waals surface area contributed by atoms with Crippen LogP contribution < -0.4 is 20.8 Å². The number of ether oxygens (including phenoxy) is 2. The summed E-state index contributed by atoms with van der Waals surface area (Å²) in [4.78, 5) is 16.4. The number of amides is 1. The zero-order valence-electron chi connectivity index (χ0n) is 15.7. The third-order valence-corrected chi connectivity index (χ3v) is 4.27. The minimum absolute atomic E-state index is 0.145. The van der Waals surface area contributed by atoms with Gasteiger partial charge in [0.1, 0.15) is 28.4 Å². The van der Waals surface area contributed by atoms with Crippen LogP contribution in [-0.2, 0) is 0 Å². The van der Waals surface area contributed by atoms with E-state index >= 15 is 0 Å². The Labute approximate surface area is 166 Å². The molecule has 4 rings (SSSR count). The fraction of sp³-hybridized carbons (Fsp3) is 0.0435. The van der Waals surface area contributed by atoms with Crippen LogP contribution in [-0.4, -0.2) is 13.0 Å². The van der Waals surface area contributed by atoms with E-state index in [1.54, 1.807) is 55.6 Å². The topological polar surface area (TPSA) is 87.1 Å². The van der Waals surface area contributed by atoms with Gasteiger partial charge in [0.15, 0.2) is 0 Å². The number of primary amides is 1. The molecule has 6 nitrogen and oxygen atoms in total. The van der Waals surface area contributed by atoms with Gasteiger partial charge in [0.05, 0.1) is 12.8 Å². The number of para-hydroxylation sites is 1. The number of methoxy groups -OCH3 is 1. The first-order valence-electron chi connectivity index (χ1n) is 8.92. The summed E-state index contributed by atoms with van der Waals surface area (Å²) in [6.45, 7) is 0. The van der Waals surface area contributed by atoms with Crippen molar-refractivity contribution in [1.82, 2.24) is 0 Å². The van der Waals surface area contributed by atoms with Crippen molar-refractivity contribution >= 4 is 22.6 Å². The Bertz CT molecular complexity index is 1230. The molecule has 0 atom stereocenters. The van der Waals surface area contributed by atoms with E-state index in [0.29, 0.717) is 28.2 Å². The molecule has 0 spiro atoms. The first-order chi connectivity index (χ1) is 14.1. The molecule has 0 saturated carbocycles. The molecule has 0 unspecified atom stereocenters. The Morgan fingerprint density at radius 2 is 1.59 bits per heavy atom. The summed E-state index contributed by atoms with van der Waals surface area (Å²) in [5.74, 6) is 1.45. The monoisotopic (exact) mass is 386 g/mol. The second-order valence-corrected chi connectivity index (χ2v) is 6.25. The van der Waals surface area contributed by atoms with E-state index in [-0.39, 0.29) is 11.1 Å². The van der Waals surface area contributed by atoms with Crippen LogP contribution in [0.15, 0.2) is 88.3 Å². The summed E-state index contributed by atoms with van der Waals surface area (Å²) in [5.41, 5.74) is 7.03. The smallest absolute Gasteiger partial charge is 0.254 e. The van der Waals surface area contributed by atoms with E-state index in [2.05, 4.69) is 4.99 Å². The number of nitrogens with zero attached hydrogens (tertiary/aromatic N) is 1. The largest absolute Gasteiger partial charge is 0.497 e. The first kappa shape index (κ1) is 18.3. The molecule has 0 aliphatic rings. The second kappa shape index (κ2) is 7.90. The maximum Gasteiger partial charge on any atom is 0.254 e. The van der Waals surface area contributed by atoms with E-state index in [0.717, 1.165) is 5.75 Å². The van der Waals surface area contributed by atoms with Gasteiger partial charge in [-0.2, -0.15) is 0 Å². The summed E-state index contributed by atoms with van der Waals surface area (Å²) in [5, 5.41) is 0.698. The molecular weight excluding hydrogens is 368 g/mol. The Kier molecular flexibility index (Phi) is 4.99. The van der Waals surface area contributed by atoms with Gasteiger partial charge in [0, 0.05) is 5.39 Å². The molecule has 2 N–H and O–H groups in total. The van der Waals surface area contributed by atoms with Gasteiger partial charge in [0.25, 0.3) is 5.91 Å². The molecule has 0 bridgehead atoms. The highest BCUT2D eigenvalue weighted by Gasteiger charge is 2.10. The van der Waals surface area contributed by atoms with Crippen LogP contribution in [0.3, 0.4) is 0 Å².